The van der Waals surface area contributed by atoms with E-state index in [1.165, 1.54) is 4.31 Å². The van der Waals surface area contributed by atoms with Gasteiger partial charge in [0.05, 0.1) is 10.6 Å². The lowest BCUT2D eigenvalue weighted by Crippen LogP contribution is -2.27. The summed E-state index contributed by atoms with van der Waals surface area (Å²) in [6.07, 6.45) is 0. The maximum absolute atomic E-state index is 12.8. The number of anilines is 2. The van der Waals surface area contributed by atoms with Crippen LogP contribution in [-0.2, 0) is 10.0 Å². The molecule has 0 bridgehead atoms. The van der Waals surface area contributed by atoms with Gasteiger partial charge in [0.15, 0.2) is 0 Å². The Balaban J connectivity index is 2.52. The number of hydrogen-bond acceptors (Lipinski definition) is 3. The predicted octanol–water partition coefficient (Wildman–Crippen LogP) is 3.02. The molecule has 0 aromatic heterocycles. The van der Waals surface area contributed by atoms with E-state index in [0.29, 0.717) is 16.9 Å². The number of sulfonamides is 1. The van der Waals surface area contributed by atoms with E-state index >= 15 is 0 Å². The highest BCUT2D eigenvalue weighted by Gasteiger charge is 2.23. The molecule has 2 N–H and O–H groups in total. The molecule has 0 aliphatic rings. The summed E-state index contributed by atoms with van der Waals surface area (Å²) in [6.45, 7) is 5.65. The van der Waals surface area contributed by atoms with E-state index in [1.807, 2.05) is 32.0 Å². The molecule has 0 atom stereocenters. The van der Waals surface area contributed by atoms with Crippen LogP contribution in [0.4, 0.5) is 11.4 Å². The third-order valence-electron chi connectivity index (χ3n) is 3.41. The van der Waals surface area contributed by atoms with E-state index < -0.39 is 10.0 Å². The van der Waals surface area contributed by atoms with Gasteiger partial charge in [0.25, 0.3) is 10.0 Å². The summed E-state index contributed by atoms with van der Waals surface area (Å²) in [5.74, 6) is 0. The predicted molar refractivity (Wildman–Crippen MR) is 87.1 cm³/mol. The standard InChI is InChI=1S/C16H20N2O2S/c1-11-7-12(2)9-15(8-11)18(4)21(19,20)16-6-5-14(17)10-13(16)3/h5-10H,17H2,1-4H3. The lowest BCUT2D eigenvalue weighted by Gasteiger charge is -2.21. The molecule has 0 radical (unpaired) electrons. The fourth-order valence-electron chi connectivity index (χ4n) is 2.38. The zero-order valence-electron chi connectivity index (χ0n) is 12.7. The van der Waals surface area contributed by atoms with Crippen molar-refractivity contribution in [2.24, 2.45) is 0 Å². The molecule has 0 aliphatic heterocycles. The summed E-state index contributed by atoms with van der Waals surface area (Å²) in [5.41, 5.74) is 9.60. The van der Waals surface area contributed by atoms with Crippen LogP contribution in [0.5, 0.6) is 0 Å². The average molecular weight is 304 g/mol. The second-order valence-corrected chi connectivity index (χ2v) is 7.28. The fourth-order valence-corrected chi connectivity index (χ4v) is 3.76. The number of aryl methyl sites for hydroxylation is 3. The molecule has 0 heterocycles. The number of nitrogens with two attached hydrogens (primary N) is 1. The molecular formula is C16H20N2O2S. The molecule has 0 saturated carbocycles. The fraction of sp³-hybridized carbons (Fsp3) is 0.250. The van der Waals surface area contributed by atoms with Gasteiger partial charge in [0.1, 0.15) is 0 Å². The van der Waals surface area contributed by atoms with Crippen molar-refractivity contribution in [1.29, 1.82) is 0 Å². The van der Waals surface area contributed by atoms with Gasteiger partial charge in [-0.2, -0.15) is 0 Å². The Morgan fingerprint density at radius 1 is 0.952 bits per heavy atom. The second-order valence-electron chi connectivity index (χ2n) is 5.34. The maximum Gasteiger partial charge on any atom is 0.264 e. The van der Waals surface area contributed by atoms with Crippen molar-refractivity contribution in [2.45, 2.75) is 25.7 Å². The molecule has 2 aromatic rings. The van der Waals surface area contributed by atoms with E-state index in [0.717, 1.165) is 11.1 Å². The highest BCUT2D eigenvalue weighted by atomic mass is 32.2. The first-order chi connectivity index (χ1) is 9.71. The topological polar surface area (TPSA) is 63.4 Å². The summed E-state index contributed by atoms with van der Waals surface area (Å²) < 4.78 is 26.9. The van der Waals surface area contributed by atoms with E-state index in [2.05, 4.69) is 0 Å². The van der Waals surface area contributed by atoms with Crippen molar-refractivity contribution >= 4 is 21.4 Å². The highest BCUT2D eigenvalue weighted by Crippen LogP contribution is 2.26. The molecule has 0 aliphatic carbocycles. The van der Waals surface area contributed by atoms with Gasteiger partial charge < -0.3 is 5.73 Å². The molecule has 0 unspecified atom stereocenters. The van der Waals surface area contributed by atoms with Gasteiger partial charge in [-0.05, 0) is 67.8 Å². The minimum Gasteiger partial charge on any atom is -0.399 e. The summed E-state index contributed by atoms with van der Waals surface area (Å²) in [7, 11) is -2.03. The zero-order chi connectivity index (χ0) is 15.8. The number of nitrogen functional groups attached to an aromatic ring is 1. The Labute approximate surface area is 126 Å². The van der Waals surface area contributed by atoms with Gasteiger partial charge >= 0.3 is 0 Å². The van der Waals surface area contributed by atoms with Gasteiger partial charge in [0.2, 0.25) is 0 Å². The van der Waals surface area contributed by atoms with Crippen LogP contribution in [0.15, 0.2) is 41.3 Å². The van der Waals surface area contributed by atoms with Crippen LogP contribution >= 0.6 is 0 Å². The van der Waals surface area contributed by atoms with Crippen molar-refractivity contribution in [3.05, 3.63) is 53.1 Å². The van der Waals surface area contributed by atoms with Gasteiger partial charge in [-0.1, -0.05) is 6.07 Å². The second kappa shape index (κ2) is 5.41. The number of hydrogen-bond donors (Lipinski definition) is 1. The number of rotatable bonds is 3. The third-order valence-corrected chi connectivity index (χ3v) is 5.35. The summed E-state index contributed by atoms with van der Waals surface area (Å²) in [6, 6.07) is 10.6. The molecule has 21 heavy (non-hydrogen) atoms. The third kappa shape index (κ3) is 3.03. The molecule has 4 nitrogen and oxygen atoms in total. The Bertz CT molecular complexity index is 763. The van der Waals surface area contributed by atoms with Crippen LogP contribution < -0.4 is 10.0 Å². The molecular weight excluding hydrogens is 284 g/mol. The first kappa shape index (κ1) is 15.4. The summed E-state index contributed by atoms with van der Waals surface area (Å²) >= 11 is 0. The van der Waals surface area contributed by atoms with Crippen molar-refractivity contribution in [2.75, 3.05) is 17.1 Å². The van der Waals surface area contributed by atoms with Crippen LogP contribution in [0.3, 0.4) is 0 Å². The first-order valence-electron chi connectivity index (χ1n) is 6.65. The molecule has 2 aromatic carbocycles. The smallest absolute Gasteiger partial charge is 0.264 e. The monoisotopic (exact) mass is 304 g/mol. The Kier molecular flexibility index (Phi) is 3.96. The van der Waals surface area contributed by atoms with Crippen molar-refractivity contribution < 1.29 is 8.42 Å². The SMILES string of the molecule is Cc1cc(C)cc(N(C)S(=O)(=O)c2ccc(N)cc2C)c1. The quantitative estimate of drug-likeness (QED) is 0.887. The highest BCUT2D eigenvalue weighted by molar-refractivity contribution is 7.92. The molecule has 0 fully saturated rings. The van der Waals surface area contributed by atoms with Crippen LogP contribution in [0.2, 0.25) is 0 Å². The Hall–Kier alpha value is -2.01. The summed E-state index contributed by atoms with van der Waals surface area (Å²) in [4.78, 5) is 0.276. The van der Waals surface area contributed by atoms with Crippen molar-refractivity contribution in [1.82, 2.24) is 0 Å². The minimum absolute atomic E-state index is 0.276. The Morgan fingerprint density at radius 2 is 1.52 bits per heavy atom. The average Bonchev–Trinajstić information content (AvgIpc) is 2.36. The molecule has 2 rings (SSSR count). The van der Waals surface area contributed by atoms with Gasteiger partial charge in [-0.15, -0.1) is 0 Å². The van der Waals surface area contributed by atoms with Crippen LogP contribution in [-0.4, -0.2) is 15.5 Å². The van der Waals surface area contributed by atoms with Crippen LogP contribution in [0.25, 0.3) is 0 Å². The number of nitrogens with zero attached hydrogens (tertiary/aromatic N) is 1. The largest absolute Gasteiger partial charge is 0.399 e. The molecule has 112 valence electrons. The minimum atomic E-state index is -3.60. The lowest BCUT2D eigenvalue weighted by atomic mass is 10.1. The van der Waals surface area contributed by atoms with E-state index in [1.54, 1.807) is 32.2 Å². The lowest BCUT2D eigenvalue weighted by molar-refractivity contribution is 0.594. The van der Waals surface area contributed by atoms with Crippen LogP contribution in [0.1, 0.15) is 16.7 Å². The Morgan fingerprint density at radius 3 is 2.05 bits per heavy atom. The van der Waals surface area contributed by atoms with Crippen molar-refractivity contribution in [3.8, 4) is 0 Å². The molecule has 0 amide bonds. The van der Waals surface area contributed by atoms with E-state index in [4.69, 9.17) is 5.73 Å². The van der Waals surface area contributed by atoms with Crippen molar-refractivity contribution in [3.63, 3.8) is 0 Å². The zero-order valence-corrected chi connectivity index (χ0v) is 13.5. The first-order valence-corrected chi connectivity index (χ1v) is 8.09. The van der Waals surface area contributed by atoms with E-state index in [9.17, 15) is 8.42 Å². The van der Waals surface area contributed by atoms with Gasteiger partial charge in [-0.25, -0.2) is 8.42 Å². The normalized spacial score (nSPS) is 11.4. The van der Waals surface area contributed by atoms with E-state index in [-0.39, 0.29) is 4.90 Å². The molecule has 0 saturated heterocycles. The van der Waals surface area contributed by atoms with Crippen LogP contribution in [0, 0.1) is 20.8 Å². The number of benzene rings is 2. The van der Waals surface area contributed by atoms with Gasteiger partial charge in [0, 0.05) is 12.7 Å². The summed E-state index contributed by atoms with van der Waals surface area (Å²) in [5, 5.41) is 0. The maximum atomic E-state index is 12.8. The van der Waals surface area contributed by atoms with Gasteiger partial charge in [-0.3, -0.25) is 4.31 Å². The molecule has 5 heteroatoms. The molecule has 0 spiro atoms.